The van der Waals surface area contributed by atoms with E-state index in [2.05, 4.69) is 4.74 Å². The Morgan fingerprint density at radius 1 is 1.09 bits per heavy atom. The highest BCUT2D eigenvalue weighted by Crippen LogP contribution is 2.21. The lowest BCUT2D eigenvalue weighted by Gasteiger charge is -2.10. The maximum absolute atomic E-state index is 11.4. The topological polar surface area (TPSA) is 69.4 Å². The second-order valence-electron chi connectivity index (χ2n) is 5.17. The number of esters is 1. The van der Waals surface area contributed by atoms with Crippen molar-refractivity contribution in [2.75, 3.05) is 7.11 Å². The Labute approximate surface area is 142 Å². The average Bonchev–Trinajstić information content (AvgIpc) is 2.54. The average molecular weight is 334 g/mol. The highest BCUT2D eigenvalue weighted by Gasteiger charge is 2.14. The van der Waals surface area contributed by atoms with Crippen molar-refractivity contribution in [3.8, 4) is 11.1 Å². The number of benzene rings is 2. The van der Waals surface area contributed by atoms with Gasteiger partial charge in [-0.15, -0.1) is 12.4 Å². The summed E-state index contributed by atoms with van der Waals surface area (Å²) in [5.41, 5.74) is 9.40. The van der Waals surface area contributed by atoms with Crippen molar-refractivity contribution in [2.45, 2.75) is 19.4 Å². The van der Waals surface area contributed by atoms with Gasteiger partial charge in [-0.1, -0.05) is 42.5 Å². The molecule has 1 atom stereocenters. The van der Waals surface area contributed by atoms with Gasteiger partial charge < -0.3 is 10.5 Å². The van der Waals surface area contributed by atoms with Crippen LogP contribution in [0.25, 0.3) is 11.1 Å². The van der Waals surface area contributed by atoms with Crippen LogP contribution in [0.5, 0.6) is 0 Å². The highest BCUT2D eigenvalue weighted by atomic mass is 35.5. The van der Waals surface area contributed by atoms with E-state index in [1.807, 2.05) is 42.5 Å². The summed E-state index contributed by atoms with van der Waals surface area (Å²) in [7, 11) is 1.33. The van der Waals surface area contributed by atoms with E-state index < -0.39 is 12.0 Å². The molecule has 122 valence electrons. The quantitative estimate of drug-likeness (QED) is 0.674. The van der Waals surface area contributed by atoms with Gasteiger partial charge in [0.15, 0.2) is 5.78 Å². The molecule has 2 rings (SSSR count). The Morgan fingerprint density at radius 3 is 2.30 bits per heavy atom. The fraction of sp³-hybridized carbons (Fsp3) is 0.222. The van der Waals surface area contributed by atoms with Gasteiger partial charge in [0.25, 0.3) is 0 Å². The molecule has 0 spiro atoms. The van der Waals surface area contributed by atoms with E-state index in [0.717, 1.165) is 16.7 Å². The minimum atomic E-state index is -0.656. The molecule has 0 saturated heterocycles. The molecular weight excluding hydrogens is 314 g/mol. The van der Waals surface area contributed by atoms with Gasteiger partial charge >= 0.3 is 5.97 Å². The van der Waals surface area contributed by atoms with Gasteiger partial charge in [-0.2, -0.15) is 0 Å². The number of ether oxygens (including phenoxy) is 1. The van der Waals surface area contributed by atoms with Crippen LogP contribution in [0, 0.1) is 0 Å². The van der Waals surface area contributed by atoms with Crippen molar-refractivity contribution in [3.63, 3.8) is 0 Å². The number of carbonyl (C=O) groups is 2. The number of nitrogens with two attached hydrogens (primary N) is 1. The Hall–Kier alpha value is -2.17. The van der Waals surface area contributed by atoms with Gasteiger partial charge in [-0.3, -0.25) is 9.59 Å². The lowest BCUT2D eigenvalue weighted by molar-refractivity contribution is -0.142. The fourth-order valence-corrected chi connectivity index (χ4v) is 2.24. The third-order valence-corrected chi connectivity index (χ3v) is 3.52. The van der Waals surface area contributed by atoms with Crippen LogP contribution < -0.4 is 5.73 Å². The zero-order valence-electron chi connectivity index (χ0n) is 13.1. The molecule has 0 saturated carbocycles. The molecule has 0 unspecified atom stereocenters. The predicted octanol–water partition coefficient (Wildman–Crippen LogP) is 3.02. The summed E-state index contributed by atoms with van der Waals surface area (Å²) in [6, 6.07) is 14.6. The minimum Gasteiger partial charge on any atom is -0.468 e. The summed E-state index contributed by atoms with van der Waals surface area (Å²) in [5, 5.41) is 0. The van der Waals surface area contributed by atoms with E-state index in [1.165, 1.54) is 7.11 Å². The summed E-state index contributed by atoms with van der Waals surface area (Å²) in [5.74, 6) is -0.374. The molecule has 0 amide bonds. The first kappa shape index (κ1) is 18.9. The molecule has 2 N–H and O–H groups in total. The van der Waals surface area contributed by atoms with Crippen molar-refractivity contribution in [3.05, 3.63) is 59.7 Å². The zero-order valence-corrected chi connectivity index (χ0v) is 13.9. The zero-order chi connectivity index (χ0) is 16.1. The Balaban J connectivity index is 0.00000264. The molecule has 0 aliphatic carbocycles. The largest absolute Gasteiger partial charge is 0.468 e. The number of hydrogen-bond donors (Lipinski definition) is 1. The third-order valence-electron chi connectivity index (χ3n) is 3.52. The molecule has 5 heteroatoms. The van der Waals surface area contributed by atoms with Crippen LogP contribution in [0.2, 0.25) is 0 Å². The number of Topliss-reactive ketones (excluding diaryl/α,β-unsaturated/α-hetero) is 1. The maximum atomic E-state index is 11.4. The van der Waals surface area contributed by atoms with Crippen LogP contribution in [0.1, 0.15) is 22.8 Å². The summed E-state index contributed by atoms with van der Waals surface area (Å²) in [6.45, 7) is 1.55. The molecule has 4 nitrogen and oxygen atoms in total. The SMILES string of the molecule is COC(=O)[C@@H](N)Cc1ccc(-c2cccc(C(C)=O)c2)cc1.Cl. The fourth-order valence-electron chi connectivity index (χ4n) is 2.24. The van der Waals surface area contributed by atoms with Crippen LogP contribution in [-0.4, -0.2) is 24.9 Å². The normalized spacial score (nSPS) is 11.3. The van der Waals surface area contributed by atoms with Crippen LogP contribution in [0.4, 0.5) is 0 Å². The van der Waals surface area contributed by atoms with Gasteiger partial charge in [0.1, 0.15) is 6.04 Å². The van der Waals surface area contributed by atoms with Gasteiger partial charge in [0.05, 0.1) is 7.11 Å². The molecule has 0 aliphatic rings. The van der Waals surface area contributed by atoms with Crippen LogP contribution in [-0.2, 0) is 16.0 Å². The molecule has 0 heterocycles. The van der Waals surface area contributed by atoms with Gasteiger partial charge in [0, 0.05) is 5.56 Å². The van der Waals surface area contributed by atoms with Crippen LogP contribution >= 0.6 is 12.4 Å². The second kappa shape index (κ2) is 8.46. The third kappa shape index (κ3) is 4.91. The lowest BCUT2D eigenvalue weighted by Crippen LogP contribution is -2.33. The van der Waals surface area contributed by atoms with Crippen molar-refractivity contribution in [2.24, 2.45) is 5.73 Å². The number of rotatable bonds is 5. The van der Waals surface area contributed by atoms with E-state index in [-0.39, 0.29) is 18.2 Å². The van der Waals surface area contributed by atoms with Gasteiger partial charge in [-0.05, 0) is 36.1 Å². The molecule has 0 aromatic heterocycles. The molecule has 2 aromatic rings. The molecule has 0 bridgehead atoms. The molecule has 0 radical (unpaired) electrons. The Bertz CT molecular complexity index is 683. The number of ketones is 1. The van der Waals surface area contributed by atoms with Crippen molar-refractivity contribution >= 4 is 24.2 Å². The smallest absolute Gasteiger partial charge is 0.322 e. The number of hydrogen-bond acceptors (Lipinski definition) is 4. The molecule has 2 aromatic carbocycles. The summed E-state index contributed by atoms with van der Waals surface area (Å²) in [6.07, 6.45) is 0.431. The summed E-state index contributed by atoms with van der Waals surface area (Å²) >= 11 is 0. The summed E-state index contributed by atoms with van der Waals surface area (Å²) < 4.78 is 4.62. The van der Waals surface area contributed by atoms with Crippen molar-refractivity contribution in [1.29, 1.82) is 0 Å². The maximum Gasteiger partial charge on any atom is 0.322 e. The Morgan fingerprint density at radius 2 is 1.74 bits per heavy atom. The first-order valence-electron chi connectivity index (χ1n) is 7.05. The minimum absolute atomic E-state index is 0. The predicted molar refractivity (Wildman–Crippen MR) is 92.8 cm³/mol. The molecule has 23 heavy (non-hydrogen) atoms. The standard InChI is InChI=1S/C18H19NO3.ClH/c1-12(20)15-4-3-5-16(11-15)14-8-6-13(7-9-14)10-17(19)18(21)22-2;/h3-9,11,17H,10,19H2,1-2H3;1H/t17-;/m0./s1. The van der Waals surface area contributed by atoms with Crippen molar-refractivity contribution < 1.29 is 14.3 Å². The Kier molecular flexibility index (Phi) is 6.94. The van der Waals surface area contributed by atoms with E-state index in [0.29, 0.717) is 12.0 Å². The first-order chi connectivity index (χ1) is 10.5. The van der Waals surface area contributed by atoms with Crippen molar-refractivity contribution in [1.82, 2.24) is 0 Å². The molecular formula is C18H20ClNO3. The summed E-state index contributed by atoms with van der Waals surface area (Å²) in [4.78, 5) is 22.8. The number of carbonyl (C=O) groups excluding carboxylic acids is 2. The second-order valence-corrected chi connectivity index (χ2v) is 5.17. The van der Waals surface area contributed by atoms with Crippen LogP contribution in [0.15, 0.2) is 48.5 Å². The van der Waals surface area contributed by atoms with E-state index in [4.69, 9.17) is 5.73 Å². The van der Waals surface area contributed by atoms with Gasteiger partial charge in [-0.25, -0.2) is 0 Å². The lowest BCUT2D eigenvalue weighted by atomic mass is 9.99. The van der Waals surface area contributed by atoms with E-state index in [1.54, 1.807) is 13.0 Å². The number of methoxy groups -OCH3 is 1. The first-order valence-corrected chi connectivity index (χ1v) is 7.05. The number of halogens is 1. The van der Waals surface area contributed by atoms with Crippen LogP contribution in [0.3, 0.4) is 0 Å². The highest BCUT2D eigenvalue weighted by molar-refractivity contribution is 5.95. The monoisotopic (exact) mass is 333 g/mol. The van der Waals surface area contributed by atoms with E-state index in [9.17, 15) is 9.59 Å². The van der Waals surface area contributed by atoms with E-state index >= 15 is 0 Å². The molecule has 0 aliphatic heterocycles. The van der Waals surface area contributed by atoms with Gasteiger partial charge in [0.2, 0.25) is 0 Å². The molecule has 0 fully saturated rings.